The standard InChI is InChI=1S/C14H21BrN2OS/c1-14(2,13(16)17-18)8-3-4-9-19-12-7-5-6-11(15)10-12/h5-7,10,18H,3-4,8-9H2,1-2H3,(H2,16,17). The SMILES string of the molecule is CC(C)(CCCCSc1cccc(Br)c1)/C(N)=N/O. The van der Waals surface area contributed by atoms with Gasteiger partial charge in [-0.1, -0.05) is 47.4 Å². The number of halogens is 1. The minimum absolute atomic E-state index is 0.227. The third-order valence-electron chi connectivity index (χ3n) is 3.06. The largest absolute Gasteiger partial charge is 0.409 e. The van der Waals surface area contributed by atoms with Crippen LogP contribution in [0.2, 0.25) is 0 Å². The molecule has 0 aliphatic rings. The minimum Gasteiger partial charge on any atom is -0.409 e. The van der Waals surface area contributed by atoms with Gasteiger partial charge in [-0.2, -0.15) is 0 Å². The number of hydrogen-bond acceptors (Lipinski definition) is 3. The summed E-state index contributed by atoms with van der Waals surface area (Å²) in [5.74, 6) is 1.40. The van der Waals surface area contributed by atoms with Gasteiger partial charge in [0.1, 0.15) is 5.84 Å². The molecule has 3 nitrogen and oxygen atoms in total. The van der Waals surface area contributed by atoms with Crippen LogP contribution in [-0.4, -0.2) is 16.8 Å². The van der Waals surface area contributed by atoms with Crippen LogP contribution in [0.15, 0.2) is 38.8 Å². The molecule has 0 unspecified atom stereocenters. The molecule has 0 spiro atoms. The third kappa shape index (κ3) is 5.87. The number of nitrogens with two attached hydrogens (primary N) is 1. The molecule has 1 aromatic rings. The van der Waals surface area contributed by atoms with Crippen LogP contribution in [0, 0.1) is 5.41 Å². The lowest BCUT2D eigenvalue weighted by Gasteiger charge is -2.22. The van der Waals surface area contributed by atoms with Crippen LogP contribution in [0.4, 0.5) is 0 Å². The number of hydrogen-bond donors (Lipinski definition) is 2. The van der Waals surface area contributed by atoms with Gasteiger partial charge in [0.15, 0.2) is 0 Å². The fraction of sp³-hybridized carbons (Fsp3) is 0.500. The second-order valence-electron chi connectivity index (χ2n) is 5.13. The Kier molecular flexibility index (Phi) is 6.72. The Hall–Kier alpha value is -0.680. The number of thioether (sulfide) groups is 1. The lowest BCUT2D eigenvalue weighted by atomic mass is 9.86. The molecule has 0 amide bonds. The maximum atomic E-state index is 8.70. The highest BCUT2D eigenvalue weighted by Crippen LogP contribution is 2.26. The number of oxime groups is 1. The summed E-state index contributed by atoms with van der Waals surface area (Å²) in [4.78, 5) is 1.28. The van der Waals surface area contributed by atoms with Gasteiger partial charge in [0.2, 0.25) is 0 Å². The van der Waals surface area contributed by atoms with Crippen molar-refractivity contribution in [1.82, 2.24) is 0 Å². The summed E-state index contributed by atoms with van der Waals surface area (Å²) in [6.45, 7) is 4.01. The first kappa shape index (κ1) is 16.4. The summed E-state index contributed by atoms with van der Waals surface area (Å²) in [5, 5.41) is 11.8. The van der Waals surface area contributed by atoms with Crippen molar-refractivity contribution in [1.29, 1.82) is 0 Å². The van der Waals surface area contributed by atoms with Gasteiger partial charge in [-0.15, -0.1) is 11.8 Å². The molecule has 0 fully saturated rings. The highest BCUT2D eigenvalue weighted by Gasteiger charge is 2.22. The average molecular weight is 345 g/mol. The zero-order chi connectivity index (χ0) is 14.3. The Bertz CT molecular complexity index is 435. The van der Waals surface area contributed by atoms with Gasteiger partial charge >= 0.3 is 0 Å². The lowest BCUT2D eigenvalue weighted by molar-refractivity contribution is 0.304. The second kappa shape index (κ2) is 7.80. The summed E-state index contributed by atoms with van der Waals surface area (Å²) < 4.78 is 1.12. The molecule has 0 atom stereocenters. The number of benzene rings is 1. The molecule has 1 aromatic carbocycles. The Morgan fingerprint density at radius 1 is 1.42 bits per heavy atom. The first-order chi connectivity index (χ1) is 8.95. The van der Waals surface area contributed by atoms with Gasteiger partial charge in [-0.3, -0.25) is 0 Å². The third-order valence-corrected chi connectivity index (χ3v) is 4.64. The second-order valence-corrected chi connectivity index (χ2v) is 7.22. The number of nitrogens with zero attached hydrogens (tertiary/aromatic N) is 1. The maximum absolute atomic E-state index is 8.70. The molecule has 106 valence electrons. The molecule has 0 aliphatic carbocycles. The van der Waals surface area contributed by atoms with Crippen molar-refractivity contribution in [3.05, 3.63) is 28.7 Å². The Morgan fingerprint density at radius 2 is 2.16 bits per heavy atom. The van der Waals surface area contributed by atoms with Crippen molar-refractivity contribution in [3.8, 4) is 0 Å². The molecule has 5 heteroatoms. The topological polar surface area (TPSA) is 58.6 Å². The summed E-state index contributed by atoms with van der Waals surface area (Å²) in [6.07, 6.45) is 3.13. The van der Waals surface area contributed by atoms with Crippen molar-refractivity contribution in [2.24, 2.45) is 16.3 Å². The van der Waals surface area contributed by atoms with Crippen molar-refractivity contribution in [3.63, 3.8) is 0 Å². The first-order valence-electron chi connectivity index (χ1n) is 6.32. The van der Waals surface area contributed by atoms with E-state index in [2.05, 4.69) is 33.2 Å². The molecular weight excluding hydrogens is 324 g/mol. The molecule has 0 saturated carbocycles. The lowest BCUT2D eigenvalue weighted by Crippen LogP contribution is -2.31. The van der Waals surface area contributed by atoms with Gasteiger partial charge in [0, 0.05) is 14.8 Å². The molecule has 0 bridgehead atoms. The van der Waals surface area contributed by atoms with Gasteiger partial charge in [0.05, 0.1) is 0 Å². The van der Waals surface area contributed by atoms with E-state index in [0.717, 1.165) is 29.5 Å². The maximum Gasteiger partial charge on any atom is 0.144 e. The molecule has 0 radical (unpaired) electrons. The van der Waals surface area contributed by atoms with E-state index in [0.29, 0.717) is 5.84 Å². The number of rotatable bonds is 7. The number of unbranched alkanes of at least 4 members (excludes halogenated alkanes) is 1. The quantitative estimate of drug-likeness (QED) is 0.191. The van der Waals surface area contributed by atoms with E-state index in [4.69, 9.17) is 10.9 Å². The van der Waals surface area contributed by atoms with E-state index in [-0.39, 0.29) is 5.41 Å². The van der Waals surface area contributed by atoms with E-state index in [9.17, 15) is 0 Å². The van der Waals surface area contributed by atoms with E-state index >= 15 is 0 Å². The zero-order valence-electron chi connectivity index (χ0n) is 11.4. The molecule has 0 aliphatic heterocycles. The molecule has 19 heavy (non-hydrogen) atoms. The van der Waals surface area contributed by atoms with E-state index < -0.39 is 0 Å². The fourth-order valence-electron chi connectivity index (χ4n) is 1.68. The molecule has 3 N–H and O–H groups in total. The smallest absolute Gasteiger partial charge is 0.144 e. The molecular formula is C14H21BrN2OS. The van der Waals surface area contributed by atoms with Gasteiger partial charge in [0.25, 0.3) is 0 Å². The van der Waals surface area contributed by atoms with Crippen molar-refractivity contribution in [2.75, 3.05) is 5.75 Å². The van der Waals surface area contributed by atoms with Crippen LogP contribution >= 0.6 is 27.7 Å². The highest BCUT2D eigenvalue weighted by molar-refractivity contribution is 9.10. The van der Waals surface area contributed by atoms with Gasteiger partial charge < -0.3 is 10.9 Å². The van der Waals surface area contributed by atoms with E-state index in [1.165, 1.54) is 4.90 Å². The van der Waals surface area contributed by atoms with Crippen LogP contribution in [0.25, 0.3) is 0 Å². The molecule has 1 rings (SSSR count). The molecule has 0 heterocycles. The number of amidine groups is 1. The van der Waals surface area contributed by atoms with E-state index in [1.807, 2.05) is 37.7 Å². The predicted octanol–water partition coefficient (Wildman–Crippen LogP) is 4.48. The summed E-state index contributed by atoms with van der Waals surface area (Å²) in [7, 11) is 0. The Balaban J connectivity index is 2.25. The van der Waals surface area contributed by atoms with Crippen molar-refractivity contribution < 1.29 is 5.21 Å². The van der Waals surface area contributed by atoms with Crippen LogP contribution in [0.5, 0.6) is 0 Å². The van der Waals surface area contributed by atoms with Crippen LogP contribution < -0.4 is 5.73 Å². The zero-order valence-corrected chi connectivity index (χ0v) is 13.8. The Labute approximate surface area is 127 Å². The van der Waals surface area contributed by atoms with Gasteiger partial charge in [-0.25, -0.2) is 0 Å². The summed E-state index contributed by atoms with van der Waals surface area (Å²) in [5.41, 5.74) is 5.44. The summed E-state index contributed by atoms with van der Waals surface area (Å²) in [6, 6.07) is 8.33. The van der Waals surface area contributed by atoms with Crippen molar-refractivity contribution in [2.45, 2.75) is 38.0 Å². The predicted molar refractivity (Wildman–Crippen MR) is 85.9 cm³/mol. The summed E-state index contributed by atoms with van der Waals surface area (Å²) >= 11 is 5.33. The van der Waals surface area contributed by atoms with Gasteiger partial charge in [-0.05, 0) is 36.8 Å². The van der Waals surface area contributed by atoms with E-state index in [1.54, 1.807) is 0 Å². The normalized spacial score (nSPS) is 12.7. The molecule has 0 aromatic heterocycles. The fourth-order valence-corrected chi connectivity index (χ4v) is 3.20. The van der Waals surface area contributed by atoms with Crippen molar-refractivity contribution >= 4 is 33.5 Å². The van der Waals surface area contributed by atoms with Crippen LogP contribution in [0.3, 0.4) is 0 Å². The Morgan fingerprint density at radius 3 is 2.79 bits per heavy atom. The van der Waals surface area contributed by atoms with Crippen LogP contribution in [-0.2, 0) is 0 Å². The molecule has 0 saturated heterocycles. The average Bonchev–Trinajstić information content (AvgIpc) is 2.37. The highest BCUT2D eigenvalue weighted by atomic mass is 79.9. The monoisotopic (exact) mass is 344 g/mol. The van der Waals surface area contributed by atoms with Crippen LogP contribution in [0.1, 0.15) is 33.1 Å². The first-order valence-corrected chi connectivity index (χ1v) is 8.10. The minimum atomic E-state index is -0.227.